The third-order valence-electron chi connectivity index (χ3n) is 1.59. The zero-order valence-corrected chi connectivity index (χ0v) is 6.23. The van der Waals surface area contributed by atoms with Crippen LogP contribution in [0.4, 0.5) is 0 Å². The highest BCUT2D eigenvalue weighted by molar-refractivity contribution is 5.67. The molecular weight excluding hydrogens is 128 g/mol. The summed E-state index contributed by atoms with van der Waals surface area (Å²) in [5.74, 6) is 0. The van der Waals surface area contributed by atoms with E-state index in [0.29, 0.717) is 0 Å². The summed E-state index contributed by atoms with van der Waals surface area (Å²) in [4.78, 5) is 5.85. The first-order chi connectivity index (χ1) is 4.72. The van der Waals surface area contributed by atoms with Crippen molar-refractivity contribution < 1.29 is 5.11 Å². The second-order valence-corrected chi connectivity index (χ2v) is 2.49. The number of aliphatic hydroxyl groups excluding tert-OH is 1. The summed E-state index contributed by atoms with van der Waals surface area (Å²) in [6.45, 7) is 1.76. The largest absolute Gasteiger partial charge is 0.391 e. The number of aliphatic hydroxyl groups is 1. The average Bonchev–Trinajstić information content (AvgIpc) is 1.88. The van der Waals surface area contributed by atoms with Crippen molar-refractivity contribution >= 4 is 6.21 Å². The highest BCUT2D eigenvalue weighted by Gasteiger charge is 2.16. The number of aliphatic imine (C=N–C) groups is 1. The van der Waals surface area contributed by atoms with Crippen molar-refractivity contribution in [1.82, 2.24) is 4.90 Å². The summed E-state index contributed by atoms with van der Waals surface area (Å²) < 4.78 is 0. The first-order valence-corrected chi connectivity index (χ1v) is 3.32. The molecule has 1 aliphatic heterocycles. The van der Waals surface area contributed by atoms with Crippen LogP contribution in [0.3, 0.4) is 0 Å². The maximum atomic E-state index is 9.18. The van der Waals surface area contributed by atoms with Crippen LogP contribution in [0.15, 0.2) is 17.4 Å². The molecule has 2 unspecified atom stereocenters. The molecule has 10 heavy (non-hydrogen) atoms. The molecule has 0 spiro atoms. The lowest BCUT2D eigenvalue weighted by atomic mass is 10.2. The monoisotopic (exact) mass is 140 g/mol. The van der Waals surface area contributed by atoms with E-state index >= 15 is 0 Å². The van der Waals surface area contributed by atoms with Crippen LogP contribution < -0.4 is 0 Å². The van der Waals surface area contributed by atoms with Crippen LogP contribution in [-0.2, 0) is 0 Å². The molecule has 0 amide bonds. The zero-order chi connectivity index (χ0) is 7.56. The first-order valence-electron chi connectivity index (χ1n) is 3.32. The van der Waals surface area contributed by atoms with E-state index in [-0.39, 0.29) is 12.1 Å². The predicted molar refractivity (Wildman–Crippen MR) is 40.9 cm³/mol. The first kappa shape index (κ1) is 7.28. The summed E-state index contributed by atoms with van der Waals surface area (Å²) in [6, 6.07) is 0.0324. The topological polar surface area (TPSA) is 35.8 Å². The number of likely N-dealkylation sites (N-methyl/N-ethyl adjacent to an activating group) is 1. The normalized spacial score (nSPS) is 27.1. The summed E-state index contributed by atoms with van der Waals surface area (Å²) in [6.07, 6.45) is 4.93. The third-order valence-corrected chi connectivity index (χ3v) is 1.59. The van der Waals surface area contributed by atoms with E-state index < -0.39 is 0 Å². The van der Waals surface area contributed by atoms with Crippen LogP contribution >= 0.6 is 0 Å². The van der Waals surface area contributed by atoms with Gasteiger partial charge in [0, 0.05) is 25.7 Å². The van der Waals surface area contributed by atoms with E-state index in [4.69, 9.17) is 0 Å². The summed E-state index contributed by atoms with van der Waals surface area (Å²) >= 11 is 0. The van der Waals surface area contributed by atoms with Crippen molar-refractivity contribution in [3.05, 3.63) is 12.4 Å². The van der Waals surface area contributed by atoms with Crippen molar-refractivity contribution in [2.75, 3.05) is 7.05 Å². The fraction of sp³-hybridized carbons (Fsp3) is 0.571. The van der Waals surface area contributed by atoms with Crippen molar-refractivity contribution in [2.24, 2.45) is 4.99 Å². The van der Waals surface area contributed by atoms with Gasteiger partial charge < -0.3 is 10.0 Å². The molecule has 0 saturated carbocycles. The van der Waals surface area contributed by atoms with Crippen molar-refractivity contribution in [3.63, 3.8) is 0 Å². The number of hydrogen-bond acceptors (Lipinski definition) is 3. The molecular formula is C7H12N2O. The van der Waals surface area contributed by atoms with E-state index in [0.717, 1.165) is 0 Å². The van der Waals surface area contributed by atoms with Gasteiger partial charge in [-0.2, -0.15) is 0 Å². The second-order valence-electron chi connectivity index (χ2n) is 2.49. The molecule has 0 aromatic rings. The molecule has 0 fully saturated rings. The van der Waals surface area contributed by atoms with E-state index in [1.807, 2.05) is 18.1 Å². The van der Waals surface area contributed by atoms with Crippen LogP contribution in [0.2, 0.25) is 0 Å². The molecule has 0 aliphatic carbocycles. The van der Waals surface area contributed by atoms with E-state index in [1.165, 1.54) is 0 Å². The van der Waals surface area contributed by atoms with Crippen molar-refractivity contribution in [2.45, 2.75) is 19.1 Å². The number of hydrogen-bond donors (Lipinski definition) is 1. The highest BCUT2D eigenvalue weighted by atomic mass is 16.3. The Morgan fingerprint density at radius 1 is 1.70 bits per heavy atom. The maximum absolute atomic E-state index is 9.18. The number of rotatable bonds is 1. The molecule has 1 rings (SSSR count). The molecule has 56 valence electrons. The van der Waals surface area contributed by atoms with Gasteiger partial charge in [0.05, 0.1) is 12.1 Å². The fourth-order valence-electron chi connectivity index (χ4n) is 0.951. The maximum Gasteiger partial charge on any atom is 0.0892 e. The minimum absolute atomic E-state index is 0.0324. The summed E-state index contributed by atoms with van der Waals surface area (Å²) in [7, 11) is 1.92. The van der Waals surface area contributed by atoms with Gasteiger partial charge in [0.1, 0.15) is 0 Å². The van der Waals surface area contributed by atoms with Crippen LogP contribution in [0.1, 0.15) is 6.92 Å². The van der Waals surface area contributed by atoms with Gasteiger partial charge in [0.2, 0.25) is 0 Å². The average molecular weight is 140 g/mol. The Labute approximate surface area is 60.7 Å². The lowest BCUT2D eigenvalue weighted by Crippen LogP contribution is -2.39. The fourth-order valence-corrected chi connectivity index (χ4v) is 0.951. The minimum atomic E-state index is -0.362. The van der Waals surface area contributed by atoms with Crippen LogP contribution in [0, 0.1) is 0 Å². The molecule has 0 saturated heterocycles. The third kappa shape index (κ3) is 1.36. The van der Waals surface area contributed by atoms with Crippen molar-refractivity contribution in [1.29, 1.82) is 0 Å². The molecule has 0 aromatic heterocycles. The molecule has 0 bridgehead atoms. The Morgan fingerprint density at radius 2 is 2.40 bits per heavy atom. The van der Waals surface area contributed by atoms with Gasteiger partial charge in [-0.15, -0.1) is 0 Å². The Kier molecular flexibility index (Phi) is 2.06. The zero-order valence-electron chi connectivity index (χ0n) is 6.23. The SMILES string of the molecule is CC(O)C1C=NC=CN1C. The molecule has 0 aromatic carbocycles. The van der Waals surface area contributed by atoms with Gasteiger partial charge in [-0.25, -0.2) is 0 Å². The van der Waals surface area contributed by atoms with Gasteiger partial charge in [-0.05, 0) is 6.92 Å². The van der Waals surface area contributed by atoms with Crippen LogP contribution in [0.5, 0.6) is 0 Å². The van der Waals surface area contributed by atoms with Crippen LogP contribution in [0.25, 0.3) is 0 Å². The smallest absolute Gasteiger partial charge is 0.0892 e. The Morgan fingerprint density at radius 3 is 2.80 bits per heavy atom. The Bertz CT molecular complexity index is 163. The standard InChI is InChI=1S/C7H12N2O/c1-6(10)7-5-8-3-4-9(7)2/h3-7,10H,1-2H3. The van der Waals surface area contributed by atoms with E-state index in [2.05, 4.69) is 4.99 Å². The molecule has 2 atom stereocenters. The van der Waals surface area contributed by atoms with Gasteiger partial charge in [0.15, 0.2) is 0 Å². The lowest BCUT2D eigenvalue weighted by Gasteiger charge is -2.27. The summed E-state index contributed by atoms with van der Waals surface area (Å²) in [5.41, 5.74) is 0. The molecule has 0 radical (unpaired) electrons. The molecule has 3 heteroatoms. The Balaban J connectivity index is 2.61. The quantitative estimate of drug-likeness (QED) is 0.565. The predicted octanol–water partition coefficient (Wildman–Crippen LogP) is 0.223. The van der Waals surface area contributed by atoms with Gasteiger partial charge in [-0.3, -0.25) is 4.99 Å². The van der Waals surface area contributed by atoms with Crippen molar-refractivity contribution in [3.8, 4) is 0 Å². The Hall–Kier alpha value is -0.830. The number of nitrogens with zero attached hydrogens (tertiary/aromatic N) is 2. The minimum Gasteiger partial charge on any atom is -0.391 e. The molecule has 1 heterocycles. The summed E-state index contributed by atoms with van der Waals surface area (Å²) in [5, 5.41) is 9.18. The van der Waals surface area contributed by atoms with E-state index in [9.17, 15) is 5.11 Å². The van der Waals surface area contributed by atoms with Gasteiger partial charge >= 0.3 is 0 Å². The highest BCUT2D eigenvalue weighted by Crippen LogP contribution is 2.04. The molecule has 1 N–H and O–H groups in total. The van der Waals surface area contributed by atoms with E-state index in [1.54, 1.807) is 19.3 Å². The van der Waals surface area contributed by atoms with Gasteiger partial charge in [0.25, 0.3) is 0 Å². The second kappa shape index (κ2) is 2.84. The lowest BCUT2D eigenvalue weighted by molar-refractivity contribution is 0.135. The van der Waals surface area contributed by atoms with Crippen LogP contribution in [-0.4, -0.2) is 35.4 Å². The van der Waals surface area contributed by atoms with Gasteiger partial charge in [-0.1, -0.05) is 0 Å². The molecule has 3 nitrogen and oxygen atoms in total. The molecule has 1 aliphatic rings.